The maximum atomic E-state index is 9.55. The number of hydrogen-bond acceptors (Lipinski definition) is 3. The fourth-order valence-electron chi connectivity index (χ4n) is 3.01. The van der Waals surface area contributed by atoms with Crippen LogP contribution in [0.1, 0.15) is 50.6 Å². The molecule has 0 amide bonds. The van der Waals surface area contributed by atoms with E-state index in [-0.39, 0.29) is 12.5 Å². The number of rotatable bonds is 6. The molecule has 1 aromatic rings. The molecule has 1 unspecified atom stereocenters. The van der Waals surface area contributed by atoms with Crippen LogP contribution in [0, 0.1) is 5.92 Å². The van der Waals surface area contributed by atoms with Crippen LogP contribution in [0.2, 0.25) is 0 Å². The molecule has 0 bridgehead atoms. The SMILES string of the molecule is OCC(CNC1CCCCCCC1)Cc1ccccn1. The average molecular weight is 276 g/mol. The fraction of sp³-hybridized carbons (Fsp3) is 0.706. The molecule has 1 atom stereocenters. The van der Waals surface area contributed by atoms with Crippen molar-refractivity contribution >= 4 is 0 Å². The van der Waals surface area contributed by atoms with Gasteiger partial charge in [-0.3, -0.25) is 4.98 Å². The van der Waals surface area contributed by atoms with E-state index < -0.39 is 0 Å². The molecule has 1 fully saturated rings. The molecule has 0 aromatic carbocycles. The van der Waals surface area contributed by atoms with Crippen molar-refractivity contribution in [2.24, 2.45) is 5.92 Å². The standard InChI is InChI=1S/C17H28N2O/c20-14-15(12-17-10-6-7-11-18-17)13-19-16-8-4-2-1-3-5-9-16/h6-7,10-11,15-16,19-20H,1-5,8-9,12-14H2. The van der Waals surface area contributed by atoms with Crippen LogP contribution >= 0.6 is 0 Å². The first-order valence-corrected chi connectivity index (χ1v) is 8.12. The molecular weight excluding hydrogens is 248 g/mol. The maximum absolute atomic E-state index is 9.55. The zero-order valence-electron chi connectivity index (χ0n) is 12.4. The smallest absolute Gasteiger partial charge is 0.0475 e. The van der Waals surface area contributed by atoms with Crippen LogP contribution in [-0.2, 0) is 6.42 Å². The summed E-state index contributed by atoms with van der Waals surface area (Å²) < 4.78 is 0. The number of hydrogen-bond donors (Lipinski definition) is 2. The van der Waals surface area contributed by atoms with Crippen molar-refractivity contribution < 1.29 is 5.11 Å². The lowest BCUT2D eigenvalue weighted by Crippen LogP contribution is -2.35. The third kappa shape index (κ3) is 5.59. The van der Waals surface area contributed by atoms with E-state index >= 15 is 0 Å². The first-order valence-electron chi connectivity index (χ1n) is 8.12. The highest BCUT2D eigenvalue weighted by molar-refractivity contribution is 5.04. The molecule has 3 heteroatoms. The van der Waals surface area contributed by atoms with Crippen LogP contribution in [0.25, 0.3) is 0 Å². The minimum absolute atomic E-state index is 0.232. The quantitative estimate of drug-likeness (QED) is 0.839. The van der Waals surface area contributed by atoms with Crippen LogP contribution in [0.3, 0.4) is 0 Å². The van der Waals surface area contributed by atoms with Gasteiger partial charge in [0.25, 0.3) is 0 Å². The van der Waals surface area contributed by atoms with E-state index in [0.29, 0.717) is 6.04 Å². The number of aliphatic hydroxyl groups excluding tert-OH is 1. The van der Waals surface area contributed by atoms with Crippen molar-refractivity contribution in [2.45, 2.75) is 57.4 Å². The maximum Gasteiger partial charge on any atom is 0.0475 e. The summed E-state index contributed by atoms with van der Waals surface area (Å²) in [6.45, 7) is 1.13. The van der Waals surface area contributed by atoms with Crippen LogP contribution in [0.15, 0.2) is 24.4 Å². The molecule has 0 saturated heterocycles. The Hall–Kier alpha value is -0.930. The molecule has 112 valence electrons. The van der Waals surface area contributed by atoms with Crippen LogP contribution in [0.5, 0.6) is 0 Å². The Kier molecular flexibility index (Phi) is 7.02. The summed E-state index contributed by atoms with van der Waals surface area (Å²) in [5.74, 6) is 0.273. The molecule has 3 nitrogen and oxygen atoms in total. The largest absolute Gasteiger partial charge is 0.396 e. The van der Waals surface area contributed by atoms with Crippen LogP contribution < -0.4 is 5.32 Å². The topological polar surface area (TPSA) is 45.1 Å². The van der Waals surface area contributed by atoms with Crippen molar-refractivity contribution in [3.8, 4) is 0 Å². The Balaban J connectivity index is 1.74. The van der Waals surface area contributed by atoms with Gasteiger partial charge in [0.15, 0.2) is 0 Å². The van der Waals surface area contributed by atoms with Gasteiger partial charge in [0.1, 0.15) is 0 Å². The number of pyridine rings is 1. The van der Waals surface area contributed by atoms with Gasteiger partial charge < -0.3 is 10.4 Å². The first kappa shape index (κ1) is 15.5. The number of nitrogens with zero attached hydrogens (tertiary/aromatic N) is 1. The molecule has 1 aromatic heterocycles. The van der Waals surface area contributed by atoms with Crippen molar-refractivity contribution in [3.05, 3.63) is 30.1 Å². The predicted molar refractivity (Wildman–Crippen MR) is 82.6 cm³/mol. The van der Waals surface area contributed by atoms with Crippen molar-refractivity contribution in [2.75, 3.05) is 13.2 Å². The minimum Gasteiger partial charge on any atom is -0.396 e. The molecule has 0 spiro atoms. The molecule has 2 N–H and O–H groups in total. The number of aromatic nitrogens is 1. The molecule has 0 radical (unpaired) electrons. The Morgan fingerprint density at radius 2 is 1.90 bits per heavy atom. The van der Waals surface area contributed by atoms with Gasteiger partial charge in [0.2, 0.25) is 0 Å². The van der Waals surface area contributed by atoms with E-state index in [1.807, 2.05) is 24.4 Å². The van der Waals surface area contributed by atoms with E-state index in [9.17, 15) is 5.11 Å². The molecule has 1 aliphatic rings. The monoisotopic (exact) mass is 276 g/mol. The second kappa shape index (κ2) is 9.09. The third-order valence-electron chi connectivity index (χ3n) is 4.28. The third-order valence-corrected chi connectivity index (χ3v) is 4.28. The Bertz CT molecular complexity index is 347. The van der Waals surface area contributed by atoms with Crippen LogP contribution in [-0.4, -0.2) is 29.3 Å². The minimum atomic E-state index is 0.232. The van der Waals surface area contributed by atoms with Gasteiger partial charge in [0.05, 0.1) is 0 Å². The molecule has 2 rings (SSSR count). The summed E-state index contributed by atoms with van der Waals surface area (Å²) in [5, 5.41) is 13.2. The summed E-state index contributed by atoms with van der Waals surface area (Å²) in [6, 6.07) is 6.63. The van der Waals surface area contributed by atoms with Gasteiger partial charge in [-0.05, 0) is 37.3 Å². The number of aliphatic hydroxyl groups is 1. The lowest BCUT2D eigenvalue weighted by atomic mass is 9.96. The summed E-state index contributed by atoms with van der Waals surface area (Å²) >= 11 is 0. The van der Waals surface area contributed by atoms with Gasteiger partial charge in [-0.1, -0.05) is 38.2 Å². The Labute approximate surface area is 122 Å². The highest BCUT2D eigenvalue weighted by Crippen LogP contribution is 2.17. The van der Waals surface area contributed by atoms with E-state index in [0.717, 1.165) is 18.7 Å². The van der Waals surface area contributed by atoms with E-state index in [1.165, 1.54) is 44.9 Å². The van der Waals surface area contributed by atoms with Gasteiger partial charge in [-0.15, -0.1) is 0 Å². The second-order valence-electron chi connectivity index (χ2n) is 6.02. The van der Waals surface area contributed by atoms with Crippen molar-refractivity contribution in [1.82, 2.24) is 10.3 Å². The summed E-state index contributed by atoms with van der Waals surface area (Å²) in [7, 11) is 0. The summed E-state index contributed by atoms with van der Waals surface area (Å²) in [4.78, 5) is 4.35. The zero-order valence-corrected chi connectivity index (χ0v) is 12.4. The van der Waals surface area contributed by atoms with Crippen LogP contribution in [0.4, 0.5) is 0 Å². The van der Waals surface area contributed by atoms with Gasteiger partial charge in [-0.25, -0.2) is 0 Å². The average Bonchev–Trinajstić information content (AvgIpc) is 2.45. The molecule has 1 heterocycles. The lowest BCUT2D eigenvalue weighted by molar-refractivity contribution is 0.214. The normalized spacial score (nSPS) is 19.2. The van der Waals surface area contributed by atoms with Gasteiger partial charge >= 0.3 is 0 Å². The summed E-state index contributed by atoms with van der Waals surface area (Å²) in [5.41, 5.74) is 1.08. The van der Waals surface area contributed by atoms with Crippen molar-refractivity contribution in [1.29, 1.82) is 0 Å². The van der Waals surface area contributed by atoms with Gasteiger partial charge in [0, 0.05) is 31.1 Å². The first-order chi connectivity index (χ1) is 9.88. The lowest BCUT2D eigenvalue weighted by Gasteiger charge is -2.23. The summed E-state index contributed by atoms with van der Waals surface area (Å²) in [6.07, 6.45) is 12.1. The second-order valence-corrected chi connectivity index (χ2v) is 6.02. The van der Waals surface area contributed by atoms with E-state index in [1.54, 1.807) is 0 Å². The zero-order chi connectivity index (χ0) is 14.0. The number of nitrogens with one attached hydrogen (secondary N) is 1. The molecule has 1 saturated carbocycles. The molecule has 20 heavy (non-hydrogen) atoms. The predicted octanol–water partition coefficient (Wildman–Crippen LogP) is 2.94. The molecule has 0 aliphatic heterocycles. The molecule has 1 aliphatic carbocycles. The van der Waals surface area contributed by atoms with E-state index in [2.05, 4.69) is 10.3 Å². The van der Waals surface area contributed by atoms with E-state index in [4.69, 9.17) is 0 Å². The Morgan fingerprint density at radius 1 is 1.15 bits per heavy atom. The highest BCUT2D eigenvalue weighted by Gasteiger charge is 2.14. The van der Waals surface area contributed by atoms with Gasteiger partial charge in [-0.2, -0.15) is 0 Å². The fourth-order valence-corrected chi connectivity index (χ4v) is 3.01. The molecular formula is C17H28N2O. The Morgan fingerprint density at radius 3 is 2.55 bits per heavy atom. The highest BCUT2D eigenvalue weighted by atomic mass is 16.3. The van der Waals surface area contributed by atoms with Crippen molar-refractivity contribution in [3.63, 3.8) is 0 Å².